The first kappa shape index (κ1) is 5.88. The minimum atomic E-state index is -0.387. The second-order valence-corrected chi connectivity index (χ2v) is 1.87. The topological polar surface area (TPSA) is 48.0 Å². The molecule has 0 radical (unpaired) electrons. The second kappa shape index (κ2) is 1.93. The van der Waals surface area contributed by atoms with Gasteiger partial charge >= 0.3 is 0 Å². The third-order valence-electron chi connectivity index (χ3n) is 1.20. The number of hydrogen-bond donors (Lipinski definition) is 1. The van der Waals surface area contributed by atoms with Crippen LogP contribution in [0.15, 0.2) is 18.3 Å². The maximum absolute atomic E-state index is 10.5. The fraction of sp³-hybridized carbons (Fsp3) is 0.167. The molecule has 3 nitrogen and oxygen atoms in total. The molecule has 0 fully saturated rings. The number of hydrogen-bond acceptors (Lipinski definition) is 1. The number of aromatic nitrogens is 1. The van der Waals surface area contributed by atoms with Gasteiger partial charge in [-0.05, 0) is 12.1 Å². The monoisotopic (exact) mass is 124 g/mol. The van der Waals surface area contributed by atoms with Gasteiger partial charge in [0.2, 0.25) is 0 Å². The average Bonchev–Trinajstić information content (AvgIpc) is 2.13. The van der Waals surface area contributed by atoms with Crippen LogP contribution in [0.3, 0.4) is 0 Å². The van der Waals surface area contributed by atoms with Crippen molar-refractivity contribution in [3.05, 3.63) is 24.0 Å². The Labute approximate surface area is 53.1 Å². The molecule has 1 aromatic heterocycles. The maximum Gasteiger partial charge on any atom is 0.265 e. The highest BCUT2D eigenvalue weighted by Gasteiger charge is 2.00. The molecule has 0 saturated carbocycles. The van der Waals surface area contributed by atoms with Gasteiger partial charge in [0.15, 0.2) is 0 Å². The smallest absolute Gasteiger partial charge is 0.265 e. The molecule has 0 aromatic carbocycles. The highest BCUT2D eigenvalue weighted by molar-refractivity contribution is 5.91. The predicted octanol–water partition coefficient (Wildman–Crippen LogP) is 0.124. The highest BCUT2D eigenvalue weighted by Crippen LogP contribution is 1.96. The van der Waals surface area contributed by atoms with Crippen molar-refractivity contribution in [1.29, 1.82) is 0 Å². The van der Waals surface area contributed by atoms with Crippen molar-refractivity contribution < 1.29 is 4.79 Å². The Bertz CT molecular complexity index is 227. The SMILES string of the molecule is Cn1cccc1C(N)=O. The third-order valence-corrected chi connectivity index (χ3v) is 1.20. The summed E-state index contributed by atoms with van der Waals surface area (Å²) in [7, 11) is 1.78. The summed E-state index contributed by atoms with van der Waals surface area (Å²) < 4.78 is 1.68. The standard InChI is InChI=1S/C6H8N2O/c1-8-4-2-3-5(8)6(7)9/h2-4H,1H3,(H2,7,9). The van der Waals surface area contributed by atoms with Crippen molar-refractivity contribution in [3.8, 4) is 0 Å². The first-order valence-electron chi connectivity index (χ1n) is 2.63. The van der Waals surface area contributed by atoms with Crippen molar-refractivity contribution in [1.82, 2.24) is 4.57 Å². The van der Waals surface area contributed by atoms with Gasteiger partial charge in [0.25, 0.3) is 5.91 Å². The molecule has 0 spiro atoms. The number of carbonyl (C=O) groups is 1. The van der Waals surface area contributed by atoms with Gasteiger partial charge in [-0.3, -0.25) is 4.79 Å². The van der Waals surface area contributed by atoms with Crippen molar-refractivity contribution >= 4 is 5.91 Å². The number of amides is 1. The molecule has 3 heteroatoms. The Hall–Kier alpha value is -1.25. The van der Waals surface area contributed by atoms with E-state index in [-0.39, 0.29) is 5.91 Å². The minimum Gasteiger partial charge on any atom is -0.364 e. The fourth-order valence-corrected chi connectivity index (χ4v) is 0.717. The van der Waals surface area contributed by atoms with Crippen molar-refractivity contribution in [3.63, 3.8) is 0 Å². The van der Waals surface area contributed by atoms with E-state index in [9.17, 15) is 4.79 Å². The number of nitrogens with two attached hydrogens (primary N) is 1. The van der Waals surface area contributed by atoms with Gasteiger partial charge < -0.3 is 10.3 Å². The van der Waals surface area contributed by atoms with Crippen LogP contribution in [0.4, 0.5) is 0 Å². The molecule has 0 aliphatic carbocycles. The van der Waals surface area contributed by atoms with Gasteiger partial charge in [0, 0.05) is 13.2 Å². The van der Waals surface area contributed by atoms with Gasteiger partial charge in [0.1, 0.15) is 5.69 Å². The van der Waals surface area contributed by atoms with Crippen LogP contribution in [-0.2, 0) is 7.05 Å². The van der Waals surface area contributed by atoms with Crippen LogP contribution in [-0.4, -0.2) is 10.5 Å². The lowest BCUT2D eigenvalue weighted by molar-refractivity contribution is 0.0992. The lowest BCUT2D eigenvalue weighted by Crippen LogP contribution is -2.14. The number of primary amides is 1. The normalized spacial score (nSPS) is 9.44. The van der Waals surface area contributed by atoms with E-state index in [0.29, 0.717) is 5.69 Å². The molecule has 48 valence electrons. The molecule has 0 saturated heterocycles. The Morgan fingerprint density at radius 3 is 2.67 bits per heavy atom. The van der Waals surface area contributed by atoms with Crippen molar-refractivity contribution in [2.75, 3.05) is 0 Å². The van der Waals surface area contributed by atoms with E-state index in [2.05, 4.69) is 0 Å². The Balaban J connectivity index is 3.08. The average molecular weight is 124 g/mol. The van der Waals surface area contributed by atoms with E-state index >= 15 is 0 Å². The molecule has 1 rings (SSSR count). The Kier molecular flexibility index (Phi) is 1.26. The van der Waals surface area contributed by atoms with Crippen LogP contribution in [0.5, 0.6) is 0 Å². The van der Waals surface area contributed by atoms with Gasteiger partial charge in [0.05, 0.1) is 0 Å². The zero-order valence-corrected chi connectivity index (χ0v) is 5.16. The number of nitrogens with zero attached hydrogens (tertiary/aromatic N) is 1. The molecule has 9 heavy (non-hydrogen) atoms. The van der Waals surface area contributed by atoms with E-state index in [1.807, 2.05) is 0 Å². The van der Waals surface area contributed by atoms with E-state index in [1.165, 1.54) is 0 Å². The minimum absolute atomic E-state index is 0.387. The molecule has 0 atom stereocenters. The quantitative estimate of drug-likeness (QED) is 0.568. The largest absolute Gasteiger partial charge is 0.364 e. The second-order valence-electron chi connectivity index (χ2n) is 1.87. The summed E-state index contributed by atoms with van der Waals surface area (Å²) in [6.07, 6.45) is 1.78. The first-order chi connectivity index (χ1) is 4.22. The molecule has 0 unspecified atom stereocenters. The lowest BCUT2D eigenvalue weighted by atomic mass is 10.4. The summed E-state index contributed by atoms with van der Waals surface area (Å²) in [5, 5.41) is 0. The summed E-state index contributed by atoms with van der Waals surface area (Å²) in [4.78, 5) is 10.5. The molecule has 0 bridgehead atoms. The summed E-state index contributed by atoms with van der Waals surface area (Å²) in [5.41, 5.74) is 5.54. The molecular formula is C6H8N2O. The summed E-state index contributed by atoms with van der Waals surface area (Å²) in [6, 6.07) is 3.46. The molecule has 1 amide bonds. The van der Waals surface area contributed by atoms with E-state index in [1.54, 1.807) is 29.9 Å². The van der Waals surface area contributed by atoms with Crippen LogP contribution >= 0.6 is 0 Å². The molecule has 0 aliphatic rings. The van der Waals surface area contributed by atoms with Crippen LogP contribution in [0.25, 0.3) is 0 Å². The van der Waals surface area contributed by atoms with Gasteiger partial charge in [-0.15, -0.1) is 0 Å². The summed E-state index contributed by atoms with van der Waals surface area (Å²) >= 11 is 0. The fourth-order valence-electron chi connectivity index (χ4n) is 0.717. The number of aryl methyl sites for hydroxylation is 1. The number of rotatable bonds is 1. The van der Waals surface area contributed by atoms with Crippen LogP contribution in [0.1, 0.15) is 10.5 Å². The highest BCUT2D eigenvalue weighted by atomic mass is 16.1. The van der Waals surface area contributed by atoms with Crippen molar-refractivity contribution in [2.45, 2.75) is 0 Å². The van der Waals surface area contributed by atoms with Crippen LogP contribution < -0.4 is 5.73 Å². The molecule has 1 aromatic rings. The molecular weight excluding hydrogens is 116 g/mol. The van der Waals surface area contributed by atoms with Crippen LogP contribution in [0, 0.1) is 0 Å². The predicted molar refractivity (Wildman–Crippen MR) is 33.9 cm³/mol. The lowest BCUT2D eigenvalue weighted by Gasteiger charge is -1.94. The Morgan fingerprint density at radius 2 is 2.44 bits per heavy atom. The van der Waals surface area contributed by atoms with E-state index in [4.69, 9.17) is 5.73 Å². The first-order valence-corrected chi connectivity index (χ1v) is 2.63. The van der Waals surface area contributed by atoms with Gasteiger partial charge in [-0.25, -0.2) is 0 Å². The maximum atomic E-state index is 10.5. The summed E-state index contributed by atoms with van der Waals surface area (Å²) in [6.45, 7) is 0. The Morgan fingerprint density at radius 1 is 1.78 bits per heavy atom. The van der Waals surface area contributed by atoms with Crippen LogP contribution in [0.2, 0.25) is 0 Å². The van der Waals surface area contributed by atoms with E-state index in [0.717, 1.165) is 0 Å². The number of carbonyl (C=O) groups excluding carboxylic acids is 1. The molecule has 1 heterocycles. The molecule has 2 N–H and O–H groups in total. The third kappa shape index (κ3) is 0.937. The summed E-state index contributed by atoms with van der Waals surface area (Å²) in [5.74, 6) is -0.387. The van der Waals surface area contributed by atoms with E-state index < -0.39 is 0 Å². The zero-order chi connectivity index (χ0) is 6.85. The van der Waals surface area contributed by atoms with Gasteiger partial charge in [-0.2, -0.15) is 0 Å². The van der Waals surface area contributed by atoms with Crippen molar-refractivity contribution in [2.24, 2.45) is 12.8 Å². The zero-order valence-electron chi connectivity index (χ0n) is 5.16. The van der Waals surface area contributed by atoms with Gasteiger partial charge in [-0.1, -0.05) is 0 Å². The molecule has 0 aliphatic heterocycles.